The maximum absolute atomic E-state index is 12.5. The van der Waals surface area contributed by atoms with Crippen molar-refractivity contribution in [2.45, 2.75) is 39.3 Å². The van der Waals surface area contributed by atoms with Crippen LogP contribution in [0.5, 0.6) is 5.75 Å². The molecule has 0 bridgehead atoms. The molecule has 3 rings (SSSR count). The first-order valence-electron chi connectivity index (χ1n) is 10.8. The van der Waals surface area contributed by atoms with E-state index >= 15 is 0 Å². The number of amides is 1. The summed E-state index contributed by atoms with van der Waals surface area (Å²) in [6, 6.07) is 14.0. The van der Waals surface area contributed by atoms with Crippen LogP contribution in [0.3, 0.4) is 0 Å². The van der Waals surface area contributed by atoms with E-state index in [1.54, 1.807) is 7.11 Å². The summed E-state index contributed by atoms with van der Waals surface area (Å²) in [5.41, 5.74) is 3.57. The van der Waals surface area contributed by atoms with Crippen LogP contribution in [0.15, 0.2) is 47.5 Å². The van der Waals surface area contributed by atoms with Gasteiger partial charge in [0.15, 0.2) is 5.96 Å². The molecule has 2 aromatic carbocycles. The third kappa shape index (κ3) is 6.62. The maximum atomic E-state index is 12.5. The number of carbonyl (C=O) groups excluding carboxylic acids is 1. The molecule has 0 fully saturated rings. The van der Waals surface area contributed by atoms with Crippen LogP contribution in [0.2, 0.25) is 5.02 Å². The number of aliphatic imine (C=N–C) groups is 1. The summed E-state index contributed by atoms with van der Waals surface area (Å²) in [6.07, 6.45) is 2.02. The first kappa shape index (κ1) is 22.9. The van der Waals surface area contributed by atoms with Crippen LogP contribution < -0.4 is 15.4 Å². The number of methoxy groups -OCH3 is 1. The van der Waals surface area contributed by atoms with Crippen molar-refractivity contribution in [1.82, 2.24) is 15.5 Å². The van der Waals surface area contributed by atoms with Gasteiger partial charge in [0.2, 0.25) is 5.91 Å². The Hall–Kier alpha value is -2.73. The van der Waals surface area contributed by atoms with E-state index in [0.717, 1.165) is 49.7 Å². The van der Waals surface area contributed by atoms with Crippen LogP contribution in [0.25, 0.3) is 0 Å². The fourth-order valence-corrected chi connectivity index (χ4v) is 3.87. The number of nitrogens with zero attached hydrogens (tertiary/aromatic N) is 2. The number of hydrogen-bond donors (Lipinski definition) is 2. The number of carbonyl (C=O) groups is 1. The molecule has 1 aliphatic heterocycles. The van der Waals surface area contributed by atoms with E-state index < -0.39 is 0 Å². The van der Waals surface area contributed by atoms with Gasteiger partial charge in [0, 0.05) is 44.2 Å². The molecule has 0 aliphatic carbocycles. The normalized spacial score (nSPS) is 13.1. The van der Waals surface area contributed by atoms with Gasteiger partial charge in [0.1, 0.15) is 5.75 Å². The van der Waals surface area contributed by atoms with Gasteiger partial charge in [-0.25, -0.2) is 0 Å². The Morgan fingerprint density at radius 2 is 1.90 bits per heavy atom. The highest BCUT2D eigenvalue weighted by Crippen LogP contribution is 2.23. The predicted molar refractivity (Wildman–Crippen MR) is 126 cm³/mol. The predicted octanol–water partition coefficient (Wildman–Crippen LogP) is 3.77. The Balaban J connectivity index is 1.41. The van der Waals surface area contributed by atoms with Crippen molar-refractivity contribution in [3.63, 3.8) is 0 Å². The second kappa shape index (κ2) is 11.6. The SMILES string of the molecule is CCNC(=NCCCC(=O)N1Cc2ccccc2C1)NCCc1ccc(OC)cc1Cl. The smallest absolute Gasteiger partial charge is 0.223 e. The van der Waals surface area contributed by atoms with E-state index in [-0.39, 0.29) is 5.91 Å². The zero-order valence-corrected chi connectivity index (χ0v) is 19.0. The molecule has 0 atom stereocenters. The summed E-state index contributed by atoms with van der Waals surface area (Å²) < 4.78 is 5.19. The highest BCUT2D eigenvalue weighted by atomic mass is 35.5. The van der Waals surface area contributed by atoms with E-state index in [2.05, 4.69) is 27.8 Å². The highest BCUT2D eigenvalue weighted by Gasteiger charge is 2.22. The quantitative estimate of drug-likeness (QED) is 0.352. The van der Waals surface area contributed by atoms with E-state index in [1.165, 1.54) is 11.1 Å². The fraction of sp³-hybridized carbons (Fsp3) is 0.417. The first-order chi connectivity index (χ1) is 15.1. The molecule has 0 saturated carbocycles. The largest absolute Gasteiger partial charge is 0.497 e. The van der Waals surface area contributed by atoms with Crippen LogP contribution in [0.4, 0.5) is 0 Å². The monoisotopic (exact) mass is 442 g/mol. The van der Waals surface area contributed by atoms with Gasteiger partial charge in [-0.15, -0.1) is 0 Å². The second-order valence-electron chi connectivity index (χ2n) is 7.52. The summed E-state index contributed by atoms with van der Waals surface area (Å²) in [5.74, 6) is 1.70. The van der Waals surface area contributed by atoms with Crippen molar-refractivity contribution in [3.8, 4) is 5.75 Å². The summed E-state index contributed by atoms with van der Waals surface area (Å²) in [6.45, 7) is 5.56. The molecule has 0 radical (unpaired) electrons. The molecule has 1 amide bonds. The lowest BCUT2D eigenvalue weighted by atomic mass is 10.1. The molecular formula is C24H31ClN4O2. The molecule has 166 valence electrons. The Morgan fingerprint density at radius 3 is 2.55 bits per heavy atom. The molecule has 0 unspecified atom stereocenters. The van der Waals surface area contributed by atoms with Crippen LogP contribution in [0, 0.1) is 0 Å². The van der Waals surface area contributed by atoms with Gasteiger partial charge in [0.05, 0.1) is 7.11 Å². The minimum atomic E-state index is 0.193. The van der Waals surface area contributed by atoms with Crippen LogP contribution in [-0.4, -0.2) is 43.5 Å². The summed E-state index contributed by atoms with van der Waals surface area (Å²) in [4.78, 5) is 19.0. The van der Waals surface area contributed by atoms with Crippen molar-refractivity contribution in [1.29, 1.82) is 0 Å². The van der Waals surface area contributed by atoms with Crippen molar-refractivity contribution < 1.29 is 9.53 Å². The molecule has 6 nitrogen and oxygen atoms in total. The molecule has 2 N–H and O–H groups in total. The van der Waals surface area contributed by atoms with Gasteiger partial charge < -0.3 is 20.3 Å². The minimum absolute atomic E-state index is 0.193. The fourth-order valence-electron chi connectivity index (χ4n) is 3.60. The number of guanidine groups is 1. The average molecular weight is 443 g/mol. The van der Waals surface area contributed by atoms with Crippen molar-refractivity contribution in [2.75, 3.05) is 26.7 Å². The topological polar surface area (TPSA) is 66.0 Å². The second-order valence-corrected chi connectivity index (χ2v) is 7.92. The van der Waals surface area contributed by atoms with Gasteiger partial charge in [-0.05, 0) is 48.6 Å². The average Bonchev–Trinajstić information content (AvgIpc) is 3.22. The summed E-state index contributed by atoms with van der Waals surface area (Å²) in [5, 5.41) is 7.28. The molecule has 31 heavy (non-hydrogen) atoms. The van der Waals surface area contributed by atoms with Crippen LogP contribution in [0.1, 0.15) is 36.5 Å². The lowest BCUT2D eigenvalue weighted by molar-refractivity contribution is -0.131. The lowest BCUT2D eigenvalue weighted by Gasteiger charge is -2.15. The van der Waals surface area contributed by atoms with Gasteiger partial charge >= 0.3 is 0 Å². The molecular weight excluding hydrogens is 412 g/mol. The number of rotatable bonds is 9. The number of fused-ring (bicyclic) bond motifs is 1. The number of benzene rings is 2. The van der Waals surface area contributed by atoms with E-state index in [4.69, 9.17) is 16.3 Å². The molecule has 7 heteroatoms. The van der Waals surface area contributed by atoms with E-state index in [1.807, 2.05) is 42.2 Å². The van der Waals surface area contributed by atoms with Crippen LogP contribution in [-0.2, 0) is 24.3 Å². The number of ether oxygens (including phenoxy) is 1. The van der Waals surface area contributed by atoms with E-state index in [9.17, 15) is 4.79 Å². The van der Waals surface area contributed by atoms with Crippen molar-refractivity contribution >= 4 is 23.5 Å². The third-order valence-corrected chi connectivity index (χ3v) is 5.66. The summed E-state index contributed by atoms with van der Waals surface area (Å²) >= 11 is 6.31. The number of halogens is 1. The Kier molecular flexibility index (Phi) is 8.59. The van der Waals surface area contributed by atoms with Crippen molar-refractivity contribution in [2.24, 2.45) is 4.99 Å². The van der Waals surface area contributed by atoms with Crippen LogP contribution >= 0.6 is 11.6 Å². The van der Waals surface area contributed by atoms with Gasteiger partial charge in [-0.3, -0.25) is 9.79 Å². The lowest BCUT2D eigenvalue weighted by Crippen LogP contribution is -2.38. The molecule has 2 aromatic rings. The first-order valence-corrected chi connectivity index (χ1v) is 11.2. The zero-order valence-electron chi connectivity index (χ0n) is 18.3. The zero-order chi connectivity index (χ0) is 22.1. The Labute approximate surface area is 189 Å². The Bertz CT molecular complexity index is 891. The van der Waals surface area contributed by atoms with Gasteiger partial charge in [-0.1, -0.05) is 41.9 Å². The van der Waals surface area contributed by atoms with Gasteiger partial charge in [-0.2, -0.15) is 0 Å². The highest BCUT2D eigenvalue weighted by molar-refractivity contribution is 6.31. The maximum Gasteiger partial charge on any atom is 0.223 e. The van der Waals surface area contributed by atoms with Gasteiger partial charge in [0.25, 0.3) is 0 Å². The number of nitrogens with one attached hydrogen (secondary N) is 2. The summed E-state index contributed by atoms with van der Waals surface area (Å²) in [7, 11) is 1.63. The molecule has 0 spiro atoms. The third-order valence-electron chi connectivity index (χ3n) is 5.30. The standard InChI is InChI=1S/C24H31ClN4O2/c1-3-26-24(28-14-12-18-10-11-21(31-2)15-22(18)25)27-13-6-9-23(30)29-16-19-7-4-5-8-20(19)17-29/h4-5,7-8,10-11,15H,3,6,9,12-14,16-17H2,1-2H3,(H2,26,27,28). The molecule has 0 saturated heterocycles. The Morgan fingerprint density at radius 1 is 1.16 bits per heavy atom. The molecule has 1 heterocycles. The molecule has 0 aromatic heterocycles. The number of hydrogen-bond acceptors (Lipinski definition) is 3. The van der Waals surface area contributed by atoms with E-state index in [0.29, 0.717) is 24.5 Å². The van der Waals surface area contributed by atoms with Crippen molar-refractivity contribution in [3.05, 3.63) is 64.2 Å². The minimum Gasteiger partial charge on any atom is -0.497 e. The molecule has 1 aliphatic rings.